The van der Waals surface area contributed by atoms with Gasteiger partial charge in [-0.25, -0.2) is 0 Å². The number of nitrogens with zero attached hydrogens (tertiary/aromatic N) is 1. The molecule has 1 aliphatic heterocycles. The fourth-order valence-corrected chi connectivity index (χ4v) is 2.30. The minimum atomic E-state index is 0.137. The van der Waals surface area contributed by atoms with Gasteiger partial charge in [0.15, 0.2) is 0 Å². The van der Waals surface area contributed by atoms with E-state index in [0.717, 1.165) is 37.4 Å². The van der Waals surface area contributed by atoms with Crippen LogP contribution in [0.1, 0.15) is 26.7 Å². The standard InChI is InChI=1S/C15H24N2O2/c1-11(2)18-14-8-12(16)9-15(10-14)19-13-4-6-17(3)7-5-13/h8-11,13H,4-7,16H2,1-3H3. The van der Waals surface area contributed by atoms with Gasteiger partial charge in [-0.15, -0.1) is 0 Å². The quantitative estimate of drug-likeness (QED) is 0.849. The Morgan fingerprint density at radius 2 is 1.79 bits per heavy atom. The average molecular weight is 264 g/mol. The molecular formula is C15H24N2O2. The molecule has 2 N–H and O–H groups in total. The lowest BCUT2D eigenvalue weighted by molar-refractivity contribution is 0.114. The van der Waals surface area contributed by atoms with E-state index in [1.54, 1.807) is 0 Å². The van der Waals surface area contributed by atoms with Crippen LogP contribution in [0, 0.1) is 0 Å². The highest BCUT2D eigenvalue weighted by Gasteiger charge is 2.18. The molecule has 1 saturated heterocycles. The molecule has 1 heterocycles. The molecule has 4 nitrogen and oxygen atoms in total. The Hall–Kier alpha value is -1.42. The number of nitrogens with two attached hydrogens (primary N) is 1. The molecule has 0 amide bonds. The van der Waals surface area contributed by atoms with E-state index in [0.29, 0.717) is 5.69 Å². The summed E-state index contributed by atoms with van der Waals surface area (Å²) in [4.78, 5) is 2.33. The summed E-state index contributed by atoms with van der Waals surface area (Å²) in [6, 6.07) is 5.63. The van der Waals surface area contributed by atoms with Crippen LogP contribution in [0.15, 0.2) is 18.2 Å². The third-order valence-electron chi connectivity index (χ3n) is 3.24. The van der Waals surface area contributed by atoms with E-state index in [1.807, 2.05) is 32.0 Å². The van der Waals surface area contributed by atoms with E-state index in [1.165, 1.54) is 0 Å². The van der Waals surface area contributed by atoms with E-state index in [-0.39, 0.29) is 12.2 Å². The largest absolute Gasteiger partial charge is 0.491 e. The number of nitrogen functional groups attached to an aromatic ring is 1. The van der Waals surface area contributed by atoms with Crippen LogP contribution >= 0.6 is 0 Å². The topological polar surface area (TPSA) is 47.7 Å². The van der Waals surface area contributed by atoms with Crippen molar-refractivity contribution >= 4 is 5.69 Å². The second-order valence-electron chi connectivity index (χ2n) is 5.52. The van der Waals surface area contributed by atoms with Gasteiger partial charge in [0, 0.05) is 37.0 Å². The van der Waals surface area contributed by atoms with Crippen LogP contribution in [-0.4, -0.2) is 37.2 Å². The van der Waals surface area contributed by atoms with Gasteiger partial charge in [0.1, 0.15) is 17.6 Å². The lowest BCUT2D eigenvalue weighted by Crippen LogP contribution is -2.35. The molecule has 19 heavy (non-hydrogen) atoms. The number of rotatable bonds is 4. The Bertz CT molecular complexity index is 413. The zero-order valence-electron chi connectivity index (χ0n) is 12.1. The summed E-state index contributed by atoms with van der Waals surface area (Å²) in [7, 11) is 2.14. The summed E-state index contributed by atoms with van der Waals surface area (Å²) in [5.41, 5.74) is 6.58. The molecule has 1 aliphatic rings. The van der Waals surface area contributed by atoms with E-state index in [2.05, 4.69) is 11.9 Å². The molecule has 0 spiro atoms. The Morgan fingerprint density at radius 3 is 2.42 bits per heavy atom. The summed E-state index contributed by atoms with van der Waals surface area (Å²) in [6.45, 7) is 6.17. The van der Waals surface area contributed by atoms with Crippen molar-refractivity contribution in [1.29, 1.82) is 0 Å². The maximum absolute atomic E-state index is 6.02. The van der Waals surface area contributed by atoms with Gasteiger partial charge in [-0.05, 0) is 33.7 Å². The Labute approximate surface area is 115 Å². The van der Waals surface area contributed by atoms with E-state index >= 15 is 0 Å². The molecule has 0 atom stereocenters. The normalized spacial score (nSPS) is 17.7. The first kappa shape index (κ1) is 14.0. The minimum Gasteiger partial charge on any atom is -0.491 e. The summed E-state index contributed by atoms with van der Waals surface area (Å²) >= 11 is 0. The number of hydrogen-bond donors (Lipinski definition) is 1. The second-order valence-corrected chi connectivity index (χ2v) is 5.52. The fraction of sp³-hybridized carbons (Fsp3) is 0.600. The van der Waals surface area contributed by atoms with Crippen LogP contribution in [0.25, 0.3) is 0 Å². The van der Waals surface area contributed by atoms with Gasteiger partial charge >= 0.3 is 0 Å². The van der Waals surface area contributed by atoms with Crippen molar-refractivity contribution in [3.05, 3.63) is 18.2 Å². The predicted molar refractivity (Wildman–Crippen MR) is 77.8 cm³/mol. The maximum Gasteiger partial charge on any atom is 0.125 e. The Morgan fingerprint density at radius 1 is 1.16 bits per heavy atom. The monoisotopic (exact) mass is 264 g/mol. The first-order valence-electron chi connectivity index (χ1n) is 6.95. The average Bonchev–Trinajstić information content (AvgIpc) is 2.30. The van der Waals surface area contributed by atoms with Gasteiger partial charge in [0.2, 0.25) is 0 Å². The van der Waals surface area contributed by atoms with Gasteiger partial charge in [0.05, 0.1) is 6.10 Å². The van der Waals surface area contributed by atoms with Gasteiger partial charge in [-0.3, -0.25) is 0 Å². The molecule has 1 aromatic rings. The molecule has 0 radical (unpaired) electrons. The summed E-state index contributed by atoms with van der Waals surface area (Å²) in [5.74, 6) is 1.59. The number of benzene rings is 1. The molecule has 106 valence electrons. The summed E-state index contributed by atoms with van der Waals surface area (Å²) < 4.78 is 11.7. The lowest BCUT2D eigenvalue weighted by Gasteiger charge is -2.29. The Kier molecular flexibility index (Phi) is 4.53. The number of anilines is 1. The molecule has 0 bridgehead atoms. The zero-order chi connectivity index (χ0) is 13.8. The van der Waals surface area contributed by atoms with Crippen molar-refractivity contribution < 1.29 is 9.47 Å². The summed E-state index contributed by atoms with van der Waals surface area (Å²) in [5, 5.41) is 0. The first-order chi connectivity index (χ1) is 9.02. The maximum atomic E-state index is 6.02. The smallest absolute Gasteiger partial charge is 0.125 e. The SMILES string of the molecule is CC(C)Oc1cc(N)cc(OC2CCN(C)CC2)c1. The van der Waals surface area contributed by atoms with E-state index < -0.39 is 0 Å². The zero-order valence-corrected chi connectivity index (χ0v) is 12.1. The molecule has 0 aliphatic carbocycles. The molecule has 0 aromatic heterocycles. The van der Waals surface area contributed by atoms with Crippen molar-refractivity contribution in [3.8, 4) is 11.5 Å². The molecular weight excluding hydrogens is 240 g/mol. The van der Waals surface area contributed by atoms with Gasteiger partial charge < -0.3 is 20.1 Å². The van der Waals surface area contributed by atoms with E-state index in [4.69, 9.17) is 15.2 Å². The van der Waals surface area contributed by atoms with Crippen LogP contribution in [0.4, 0.5) is 5.69 Å². The number of piperidine rings is 1. The Balaban J connectivity index is 2.01. The summed E-state index contributed by atoms with van der Waals surface area (Å²) in [6.07, 6.45) is 2.54. The molecule has 1 aromatic carbocycles. The number of likely N-dealkylation sites (tertiary alicyclic amines) is 1. The third-order valence-corrected chi connectivity index (χ3v) is 3.24. The van der Waals surface area contributed by atoms with Crippen molar-refractivity contribution in [1.82, 2.24) is 4.90 Å². The van der Waals surface area contributed by atoms with Crippen LogP contribution in [-0.2, 0) is 0 Å². The lowest BCUT2D eigenvalue weighted by atomic mass is 10.1. The molecule has 0 unspecified atom stereocenters. The van der Waals surface area contributed by atoms with Crippen LogP contribution in [0.2, 0.25) is 0 Å². The second kappa shape index (κ2) is 6.15. The molecule has 0 saturated carbocycles. The number of hydrogen-bond acceptors (Lipinski definition) is 4. The van der Waals surface area contributed by atoms with Crippen molar-refractivity contribution in [2.75, 3.05) is 25.9 Å². The van der Waals surface area contributed by atoms with Crippen molar-refractivity contribution in [2.45, 2.75) is 38.9 Å². The van der Waals surface area contributed by atoms with Crippen LogP contribution < -0.4 is 15.2 Å². The van der Waals surface area contributed by atoms with Gasteiger partial charge in [-0.2, -0.15) is 0 Å². The van der Waals surface area contributed by atoms with Gasteiger partial charge in [-0.1, -0.05) is 0 Å². The predicted octanol–water partition coefficient (Wildman–Crippen LogP) is 2.53. The highest BCUT2D eigenvalue weighted by atomic mass is 16.5. The minimum absolute atomic E-state index is 0.137. The van der Waals surface area contributed by atoms with Crippen molar-refractivity contribution in [3.63, 3.8) is 0 Å². The van der Waals surface area contributed by atoms with Gasteiger partial charge in [0.25, 0.3) is 0 Å². The molecule has 1 fully saturated rings. The third kappa shape index (κ3) is 4.31. The van der Waals surface area contributed by atoms with Crippen LogP contribution in [0.3, 0.4) is 0 Å². The first-order valence-corrected chi connectivity index (χ1v) is 6.95. The van der Waals surface area contributed by atoms with E-state index in [9.17, 15) is 0 Å². The molecule has 2 rings (SSSR count). The van der Waals surface area contributed by atoms with Crippen molar-refractivity contribution in [2.24, 2.45) is 0 Å². The van der Waals surface area contributed by atoms with Crippen LogP contribution in [0.5, 0.6) is 11.5 Å². The molecule has 4 heteroatoms. The highest BCUT2D eigenvalue weighted by Crippen LogP contribution is 2.27. The highest BCUT2D eigenvalue weighted by molar-refractivity contribution is 5.50. The number of ether oxygens (including phenoxy) is 2. The fourth-order valence-electron chi connectivity index (χ4n) is 2.30.